The molecule has 0 bridgehead atoms. The van der Waals surface area contributed by atoms with Gasteiger partial charge in [-0.2, -0.15) is 0 Å². The fourth-order valence-corrected chi connectivity index (χ4v) is 5.20. The topological polar surface area (TPSA) is 51.6 Å². The van der Waals surface area contributed by atoms with Crippen molar-refractivity contribution in [2.45, 2.75) is 0 Å². The second-order valence-corrected chi connectivity index (χ2v) is 9.13. The van der Waals surface area contributed by atoms with Gasteiger partial charge in [0.15, 0.2) is 0 Å². The minimum Gasteiger partial charge on any atom is -0.256 e. The first-order valence-electron chi connectivity index (χ1n) is 12.6. The average Bonchev–Trinajstić information content (AvgIpc) is 3.01. The summed E-state index contributed by atoms with van der Waals surface area (Å²) in [6, 6.07) is 37.3. The van der Waals surface area contributed by atoms with Gasteiger partial charge in [0.1, 0.15) is 0 Å². The van der Waals surface area contributed by atoms with E-state index in [-0.39, 0.29) is 0 Å². The van der Waals surface area contributed by atoms with E-state index < -0.39 is 0 Å². The lowest BCUT2D eigenvalue weighted by Crippen LogP contribution is -1.94. The number of pyridine rings is 4. The van der Waals surface area contributed by atoms with Gasteiger partial charge >= 0.3 is 0 Å². The number of aromatic nitrogens is 4. The first-order chi connectivity index (χ1) is 18.9. The molecule has 0 aliphatic carbocycles. The van der Waals surface area contributed by atoms with Gasteiger partial charge in [0.25, 0.3) is 0 Å². The molecule has 7 rings (SSSR count). The first kappa shape index (κ1) is 22.0. The van der Waals surface area contributed by atoms with Crippen LogP contribution in [0.1, 0.15) is 0 Å². The third-order valence-electron chi connectivity index (χ3n) is 6.88. The lowest BCUT2D eigenvalue weighted by Gasteiger charge is -2.17. The Morgan fingerprint density at radius 1 is 0.316 bits per heavy atom. The van der Waals surface area contributed by atoms with Gasteiger partial charge in [0.05, 0.1) is 22.8 Å². The van der Waals surface area contributed by atoms with Crippen LogP contribution in [0.4, 0.5) is 0 Å². The number of hydrogen-bond acceptors (Lipinski definition) is 4. The standard InChI is InChI=1S/C34H22N4/c1-2-10-26-25(9-1)33(31-21-23(15-19-37-31)29-13-5-7-17-35-29)27-11-3-4-12-28(27)34(26)32-22-24(16-20-38-32)30-14-6-8-18-36-30/h1-22H. The highest BCUT2D eigenvalue weighted by Gasteiger charge is 2.18. The monoisotopic (exact) mass is 486 g/mol. The normalized spacial score (nSPS) is 11.2. The minimum atomic E-state index is 0.919. The predicted octanol–water partition coefficient (Wildman–Crippen LogP) is 8.24. The van der Waals surface area contributed by atoms with Crippen molar-refractivity contribution in [3.63, 3.8) is 0 Å². The molecule has 0 unspecified atom stereocenters. The smallest absolute Gasteiger partial charge is 0.0721 e. The lowest BCUT2D eigenvalue weighted by atomic mass is 9.88. The van der Waals surface area contributed by atoms with Gasteiger partial charge in [-0.25, -0.2) is 0 Å². The van der Waals surface area contributed by atoms with Crippen molar-refractivity contribution in [2.75, 3.05) is 0 Å². The molecule has 178 valence electrons. The molecule has 4 heterocycles. The van der Waals surface area contributed by atoms with E-state index >= 15 is 0 Å². The largest absolute Gasteiger partial charge is 0.256 e. The highest BCUT2D eigenvalue weighted by Crippen LogP contribution is 2.43. The van der Waals surface area contributed by atoms with E-state index in [0.717, 1.165) is 66.6 Å². The Labute approximate surface area is 220 Å². The molecule has 4 nitrogen and oxygen atoms in total. The number of nitrogens with zero attached hydrogens (tertiary/aromatic N) is 4. The maximum Gasteiger partial charge on any atom is 0.0721 e. The molecule has 0 N–H and O–H groups in total. The van der Waals surface area contributed by atoms with Crippen molar-refractivity contribution in [1.82, 2.24) is 19.9 Å². The number of rotatable bonds is 4. The van der Waals surface area contributed by atoms with Gasteiger partial charge in [-0.1, -0.05) is 60.7 Å². The summed E-state index contributed by atoms with van der Waals surface area (Å²) in [5.74, 6) is 0. The molecule has 0 saturated carbocycles. The highest BCUT2D eigenvalue weighted by molar-refractivity contribution is 6.20. The molecule has 0 fully saturated rings. The Morgan fingerprint density at radius 2 is 0.684 bits per heavy atom. The van der Waals surface area contributed by atoms with Crippen molar-refractivity contribution in [3.8, 4) is 45.0 Å². The van der Waals surface area contributed by atoms with Crippen molar-refractivity contribution in [1.29, 1.82) is 0 Å². The molecule has 3 aromatic carbocycles. The van der Waals surface area contributed by atoms with Crippen LogP contribution in [0.3, 0.4) is 0 Å². The summed E-state index contributed by atoms with van der Waals surface area (Å²) in [5.41, 5.74) is 7.99. The summed E-state index contributed by atoms with van der Waals surface area (Å²) in [5, 5.41) is 4.54. The number of benzene rings is 3. The van der Waals surface area contributed by atoms with Crippen LogP contribution in [0.2, 0.25) is 0 Å². The van der Waals surface area contributed by atoms with Crippen LogP contribution in [-0.2, 0) is 0 Å². The summed E-state index contributed by atoms with van der Waals surface area (Å²) in [7, 11) is 0. The van der Waals surface area contributed by atoms with Crippen molar-refractivity contribution >= 4 is 21.5 Å². The first-order valence-corrected chi connectivity index (χ1v) is 12.6. The van der Waals surface area contributed by atoms with Crippen LogP contribution in [0, 0.1) is 0 Å². The minimum absolute atomic E-state index is 0.919. The maximum atomic E-state index is 4.84. The number of hydrogen-bond donors (Lipinski definition) is 0. The van der Waals surface area contributed by atoms with E-state index in [1.165, 1.54) is 0 Å². The zero-order valence-corrected chi connectivity index (χ0v) is 20.5. The molecule has 38 heavy (non-hydrogen) atoms. The number of fused-ring (bicyclic) bond motifs is 2. The average molecular weight is 487 g/mol. The molecular formula is C34H22N4. The SMILES string of the molecule is c1ccc(-c2ccnc(-c3c4ccccc4c(-c4cc(-c5ccccn5)ccn4)c4ccccc34)c2)nc1. The molecule has 0 aliphatic rings. The van der Waals surface area contributed by atoms with E-state index in [0.29, 0.717) is 0 Å². The van der Waals surface area contributed by atoms with Gasteiger partial charge < -0.3 is 0 Å². The third kappa shape index (κ3) is 3.80. The van der Waals surface area contributed by atoms with E-state index in [1.54, 1.807) is 0 Å². The molecule has 0 spiro atoms. The fraction of sp³-hybridized carbons (Fsp3) is 0. The van der Waals surface area contributed by atoms with Crippen LogP contribution in [0.25, 0.3) is 66.6 Å². The quantitative estimate of drug-likeness (QED) is 0.235. The maximum absolute atomic E-state index is 4.84. The van der Waals surface area contributed by atoms with Crippen LogP contribution in [0.15, 0.2) is 134 Å². The Morgan fingerprint density at radius 3 is 1.05 bits per heavy atom. The fourth-order valence-electron chi connectivity index (χ4n) is 5.20. The third-order valence-corrected chi connectivity index (χ3v) is 6.88. The van der Waals surface area contributed by atoms with Gasteiger partial charge in [-0.05, 0) is 70.1 Å². The summed E-state index contributed by atoms with van der Waals surface area (Å²) < 4.78 is 0. The summed E-state index contributed by atoms with van der Waals surface area (Å²) in [4.78, 5) is 18.8. The lowest BCUT2D eigenvalue weighted by molar-refractivity contribution is 1.29. The van der Waals surface area contributed by atoms with Crippen LogP contribution >= 0.6 is 0 Å². The van der Waals surface area contributed by atoms with Gasteiger partial charge in [0, 0.05) is 47.0 Å². The van der Waals surface area contributed by atoms with Crippen LogP contribution in [-0.4, -0.2) is 19.9 Å². The van der Waals surface area contributed by atoms with Crippen molar-refractivity contribution in [2.24, 2.45) is 0 Å². The van der Waals surface area contributed by atoms with Gasteiger partial charge in [-0.3, -0.25) is 19.9 Å². The Balaban J connectivity index is 1.51. The Kier molecular flexibility index (Phi) is 5.41. The summed E-state index contributed by atoms with van der Waals surface area (Å²) >= 11 is 0. The Hall–Kier alpha value is -5.22. The molecule has 0 aliphatic heterocycles. The van der Waals surface area contributed by atoms with Gasteiger partial charge in [-0.15, -0.1) is 0 Å². The Bertz CT molecular complexity index is 1720. The van der Waals surface area contributed by atoms with E-state index in [4.69, 9.17) is 9.97 Å². The molecule has 0 radical (unpaired) electrons. The van der Waals surface area contributed by atoms with Gasteiger partial charge in [0.2, 0.25) is 0 Å². The van der Waals surface area contributed by atoms with E-state index in [9.17, 15) is 0 Å². The van der Waals surface area contributed by atoms with Crippen LogP contribution in [0.5, 0.6) is 0 Å². The molecule has 7 aromatic rings. The zero-order valence-electron chi connectivity index (χ0n) is 20.5. The molecule has 0 saturated heterocycles. The molecule has 4 heteroatoms. The molecule has 0 amide bonds. The summed E-state index contributed by atoms with van der Waals surface area (Å²) in [6.07, 6.45) is 7.38. The second kappa shape index (κ2) is 9.34. The van der Waals surface area contributed by atoms with Crippen molar-refractivity contribution < 1.29 is 0 Å². The molecule has 0 atom stereocenters. The van der Waals surface area contributed by atoms with Crippen LogP contribution < -0.4 is 0 Å². The zero-order chi connectivity index (χ0) is 25.3. The molecular weight excluding hydrogens is 464 g/mol. The highest BCUT2D eigenvalue weighted by atomic mass is 14.7. The van der Waals surface area contributed by atoms with E-state index in [1.807, 2.05) is 73.3 Å². The summed E-state index contributed by atoms with van der Waals surface area (Å²) in [6.45, 7) is 0. The predicted molar refractivity (Wildman–Crippen MR) is 154 cm³/mol. The second-order valence-electron chi connectivity index (χ2n) is 9.13. The van der Waals surface area contributed by atoms with E-state index in [2.05, 4.69) is 70.6 Å². The van der Waals surface area contributed by atoms with Crippen molar-refractivity contribution in [3.05, 3.63) is 134 Å². The molecule has 4 aromatic heterocycles.